The molecule has 0 fully saturated rings. The van der Waals surface area contributed by atoms with E-state index in [0.29, 0.717) is 39.1 Å². The van der Waals surface area contributed by atoms with Crippen molar-refractivity contribution in [3.8, 4) is 0 Å². The normalized spacial score (nSPS) is 18.2. The lowest BCUT2D eigenvalue weighted by molar-refractivity contribution is -0.0535. The zero-order valence-corrected chi connectivity index (χ0v) is 15.4. The summed E-state index contributed by atoms with van der Waals surface area (Å²) in [5, 5.41) is 10.0. The fraction of sp³-hybridized carbons (Fsp3) is 1.00. The van der Waals surface area contributed by atoms with Crippen LogP contribution in [0.5, 0.6) is 0 Å². The van der Waals surface area contributed by atoms with E-state index in [1.165, 1.54) is 0 Å². The molecule has 0 rings (SSSR count). The van der Waals surface area contributed by atoms with Crippen molar-refractivity contribution in [3.63, 3.8) is 0 Å². The number of ether oxygens (including phenoxy) is 1. The summed E-state index contributed by atoms with van der Waals surface area (Å²) in [6, 6.07) is 0. The molecule has 0 bridgehead atoms. The molecule has 0 heterocycles. The second-order valence-corrected chi connectivity index (χ2v) is 7.91. The highest BCUT2D eigenvalue weighted by atomic mass is 31.2. The lowest BCUT2D eigenvalue weighted by Crippen LogP contribution is -2.35. The van der Waals surface area contributed by atoms with Crippen molar-refractivity contribution in [2.24, 2.45) is 0 Å². The molecular formula is C15H33O5P. The zero-order valence-electron chi connectivity index (χ0n) is 14.5. The molecule has 0 saturated carbocycles. The molecule has 0 aromatic carbocycles. The Morgan fingerprint density at radius 1 is 1.00 bits per heavy atom. The summed E-state index contributed by atoms with van der Waals surface area (Å²) >= 11 is 0. The van der Waals surface area contributed by atoms with Gasteiger partial charge < -0.3 is 18.9 Å². The number of rotatable bonds is 12. The largest absolute Gasteiger partial charge is 0.390 e. The molecule has 21 heavy (non-hydrogen) atoms. The van der Waals surface area contributed by atoms with E-state index in [1.807, 2.05) is 20.8 Å². The molecule has 0 spiro atoms. The van der Waals surface area contributed by atoms with Crippen molar-refractivity contribution >= 4 is 7.60 Å². The molecule has 0 amide bonds. The molecule has 2 unspecified atom stereocenters. The van der Waals surface area contributed by atoms with E-state index >= 15 is 0 Å². The first-order chi connectivity index (χ1) is 9.66. The predicted molar refractivity (Wildman–Crippen MR) is 85.9 cm³/mol. The van der Waals surface area contributed by atoms with Gasteiger partial charge in [-0.05, 0) is 47.0 Å². The monoisotopic (exact) mass is 324 g/mol. The summed E-state index contributed by atoms with van der Waals surface area (Å²) in [6.07, 6.45) is 2.15. The number of hydrogen-bond donors (Lipinski definition) is 1. The van der Waals surface area contributed by atoms with Crippen molar-refractivity contribution in [3.05, 3.63) is 0 Å². The van der Waals surface area contributed by atoms with Crippen LogP contribution in [0.25, 0.3) is 0 Å². The average molecular weight is 324 g/mol. The number of hydrogen-bond acceptors (Lipinski definition) is 5. The fourth-order valence-corrected chi connectivity index (χ4v) is 4.06. The molecule has 0 radical (unpaired) electrons. The van der Waals surface area contributed by atoms with E-state index < -0.39 is 18.8 Å². The van der Waals surface area contributed by atoms with Gasteiger partial charge in [0.2, 0.25) is 0 Å². The van der Waals surface area contributed by atoms with Crippen LogP contribution in [0, 0.1) is 0 Å². The van der Waals surface area contributed by atoms with Gasteiger partial charge in [0.1, 0.15) is 0 Å². The van der Waals surface area contributed by atoms with Crippen LogP contribution in [0.4, 0.5) is 0 Å². The van der Waals surface area contributed by atoms with Crippen LogP contribution >= 0.6 is 7.60 Å². The van der Waals surface area contributed by atoms with Crippen LogP contribution in [0.15, 0.2) is 0 Å². The second kappa shape index (κ2) is 9.26. The Labute approximate surface area is 129 Å². The van der Waals surface area contributed by atoms with Gasteiger partial charge in [0.05, 0.1) is 37.2 Å². The first-order valence-electron chi connectivity index (χ1n) is 7.90. The van der Waals surface area contributed by atoms with Gasteiger partial charge in [-0.3, -0.25) is 4.57 Å². The van der Waals surface area contributed by atoms with Gasteiger partial charge in [0.15, 0.2) is 0 Å². The van der Waals surface area contributed by atoms with Crippen LogP contribution in [-0.4, -0.2) is 42.3 Å². The van der Waals surface area contributed by atoms with E-state index in [-0.39, 0.29) is 6.16 Å². The van der Waals surface area contributed by atoms with Crippen molar-refractivity contribution in [1.29, 1.82) is 0 Å². The minimum atomic E-state index is -3.13. The fourth-order valence-electron chi connectivity index (χ4n) is 1.89. The van der Waals surface area contributed by atoms with Crippen molar-refractivity contribution in [2.75, 3.05) is 26.0 Å². The molecule has 0 saturated heterocycles. The first-order valence-corrected chi connectivity index (χ1v) is 9.63. The lowest BCUT2D eigenvalue weighted by Gasteiger charge is -2.33. The summed E-state index contributed by atoms with van der Waals surface area (Å²) in [5.41, 5.74) is -1.30. The number of aliphatic hydroxyl groups is 1. The third-order valence-corrected chi connectivity index (χ3v) is 6.14. The van der Waals surface area contributed by atoms with Gasteiger partial charge >= 0.3 is 7.60 Å². The molecule has 128 valence electrons. The van der Waals surface area contributed by atoms with Gasteiger partial charge in [-0.15, -0.1) is 0 Å². The van der Waals surface area contributed by atoms with Crippen LogP contribution in [0.1, 0.15) is 60.8 Å². The van der Waals surface area contributed by atoms with Crippen LogP contribution in [0.2, 0.25) is 0 Å². The van der Waals surface area contributed by atoms with Crippen LogP contribution in [-0.2, 0) is 18.3 Å². The zero-order chi connectivity index (χ0) is 16.6. The second-order valence-electron chi connectivity index (χ2n) is 5.86. The highest BCUT2D eigenvalue weighted by Crippen LogP contribution is 2.51. The minimum Gasteiger partial charge on any atom is -0.390 e. The summed E-state index contributed by atoms with van der Waals surface area (Å²) in [7, 11) is -3.13. The highest BCUT2D eigenvalue weighted by Gasteiger charge is 2.36. The van der Waals surface area contributed by atoms with Gasteiger partial charge in [-0.2, -0.15) is 0 Å². The van der Waals surface area contributed by atoms with E-state index in [2.05, 4.69) is 0 Å². The smallest absolute Gasteiger partial charge is 0.333 e. The van der Waals surface area contributed by atoms with Crippen LogP contribution in [0.3, 0.4) is 0 Å². The summed E-state index contributed by atoms with van der Waals surface area (Å²) in [4.78, 5) is 0. The van der Waals surface area contributed by atoms with E-state index in [4.69, 9.17) is 13.8 Å². The average Bonchev–Trinajstić information content (AvgIpc) is 2.38. The molecule has 0 aliphatic rings. The first kappa shape index (κ1) is 21.1. The summed E-state index contributed by atoms with van der Waals surface area (Å²) in [6.45, 7) is 12.4. The van der Waals surface area contributed by atoms with Gasteiger partial charge in [-0.1, -0.05) is 13.8 Å². The quantitative estimate of drug-likeness (QED) is 0.550. The third kappa shape index (κ3) is 8.32. The lowest BCUT2D eigenvalue weighted by atomic mass is 9.99. The Bertz CT molecular complexity index is 322. The third-order valence-electron chi connectivity index (χ3n) is 3.78. The Hall–Kier alpha value is 0.0700. The van der Waals surface area contributed by atoms with Gasteiger partial charge in [0, 0.05) is 0 Å². The SMILES string of the molecule is CCOP(=O)(CC(C)(CC)OCCC(C)(O)CC)OCC. The Balaban J connectivity index is 4.66. The predicted octanol–water partition coefficient (Wildman–Crippen LogP) is 3.99. The maximum atomic E-state index is 12.6. The van der Waals surface area contributed by atoms with E-state index in [0.717, 1.165) is 0 Å². The van der Waals surface area contributed by atoms with Gasteiger partial charge in [0.25, 0.3) is 0 Å². The van der Waals surface area contributed by atoms with E-state index in [9.17, 15) is 9.67 Å². The molecule has 6 heteroatoms. The molecule has 2 atom stereocenters. The van der Waals surface area contributed by atoms with Crippen LogP contribution < -0.4 is 0 Å². The molecule has 5 nitrogen and oxygen atoms in total. The minimum absolute atomic E-state index is 0.229. The highest BCUT2D eigenvalue weighted by molar-refractivity contribution is 7.53. The Kier molecular flexibility index (Phi) is 9.29. The van der Waals surface area contributed by atoms with Crippen molar-refractivity contribution < 1.29 is 23.5 Å². The summed E-state index contributed by atoms with van der Waals surface area (Å²) in [5.74, 6) is 0. The maximum absolute atomic E-state index is 12.6. The molecule has 0 aromatic rings. The Morgan fingerprint density at radius 3 is 1.90 bits per heavy atom. The summed E-state index contributed by atoms with van der Waals surface area (Å²) < 4.78 is 29.2. The van der Waals surface area contributed by atoms with Gasteiger partial charge in [-0.25, -0.2) is 0 Å². The molecule has 0 aliphatic heterocycles. The molecule has 0 aromatic heterocycles. The molecule has 1 N–H and O–H groups in total. The standard InChI is InChI=1S/C15H33O5P/c1-7-14(5,16)11-12-18-15(6,8-2)13-21(17,19-9-3)20-10-4/h16H,7-13H2,1-6H3. The maximum Gasteiger partial charge on any atom is 0.333 e. The topological polar surface area (TPSA) is 65.0 Å². The van der Waals surface area contributed by atoms with Crippen molar-refractivity contribution in [2.45, 2.75) is 72.0 Å². The molecule has 0 aliphatic carbocycles. The molecular weight excluding hydrogens is 291 g/mol. The Morgan fingerprint density at radius 2 is 1.52 bits per heavy atom. The van der Waals surface area contributed by atoms with E-state index in [1.54, 1.807) is 20.8 Å². The van der Waals surface area contributed by atoms with Crippen molar-refractivity contribution in [1.82, 2.24) is 0 Å².